The van der Waals surface area contributed by atoms with Gasteiger partial charge in [-0.3, -0.25) is 14.4 Å². The summed E-state index contributed by atoms with van der Waals surface area (Å²) >= 11 is 11.0. The molecule has 0 heterocycles. The first kappa shape index (κ1) is 33.9. The Morgan fingerprint density at radius 1 is 0.852 bits per heavy atom. The van der Waals surface area contributed by atoms with Gasteiger partial charge in [0.05, 0.1) is 37.9 Å². The van der Waals surface area contributed by atoms with E-state index in [-0.39, 0.29) is 32.7 Å². The Morgan fingerprint density at radius 2 is 1.11 bits per heavy atom. The average molecular weight is 453 g/mol. The van der Waals surface area contributed by atoms with Crippen LogP contribution < -0.4 is 0 Å². The van der Waals surface area contributed by atoms with Gasteiger partial charge in [0.15, 0.2) is 0 Å². The maximum Gasteiger partial charge on any atom is 0.316 e. The van der Waals surface area contributed by atoms with Gasteiger partial charge >= 0.3 is 17.9 Å². The third kappa shape index (κ3) is 30.3. The zero-order chi connectivity index (χ0) is 22.5. The minimum Gasteiger partial charge on any atom is -0.481 e. The number of aliphatic hydroxyl groups excluding tert-OH is 3. The molecule has 0 amide bonds. The summed E-state index contributed by atoms with van der Waals surface area (Å²) in [5, 5.41) is 49.1. The largest absolute Gasteiger partial charge is 0.481 e. The van der Waals surface area contributed by atoms with Crippen LogP contribution in [0.3, 0.4) is 0 Å². The van der Waals surface area contributed by atoms with Crippen LogP contribution in [0.15, 0.2) is 0 Å². The second kappa shape index (κ2) is 23.4. The predicted octanol–water partition coefficient (Wildman–Crippen LogP) is 0.531. The molecule has 12 heteroatoms. The Bertz CT molecular complexity index is 342. The molecule has 0 saturated heterocycles. The fourth-order valence-corrected chi connectivity index (χ4v) is 1.06. The smallest absolute Gasteiger partial charge is 0.316 e. The van der Waals surface area contributed by atoms with Crippen molar-refractivity contribution in [3.63, 3.8) is 0 Å². The molecule has 0 aromatic carbocycles. The van der Waals surface area contributed by atoms with E-state index in [0.29, 0.717) is 17.9 Å². The lowest BCUT2D eigenvalue weighted by atomic mass is 9.88. The molecule has 0 aliphatic rings. The van der Waals surface area contributed by atoms with Gasteiger partial charge in [0, 0.05) is 16.9 Å². The topological polar surface area (TPSA) is 173 Å². The fraction of sp³-hybridized carbons (Fsp3) is 0.800. The molecular weight excluding hydrogens is 420 g/mol. The third-order valence-corrected chi connectivity index (χ3v) is 3.43. The summed E-state index contributed by atoms with van der Waals surface area (Å²) in [5.41, 5.74) is -0.667. The molecule has 0 spiro atoms. The molecule has 0 aliphatic heterocycles. The highest BCUT2D eigenvalue weighted by molar-refractivity contribution is 7.81. The third-order valence-electron chi connectivity index (χ3n) is 2.76. The number of aliphatic hydroxyl groups is 3. The van der Waals surface area contributed by atoms with Gasteiger partial charge in [0.25, 0.3) is 0 Å². The van der Waals surface area contributed by atoms with Gasteiger partial charge in [-0.2, -0.15) is 37.9 Å². The van der Waals surface area contributed by atoms with Crippen molar-refractivity contribution >= 4 is 55.8 Å². The van der Waals surface area contributed by atoms with Crippen molar-refractivity contribution in [1.82, 2.24) is 0 Å². The van der Waals surface area contributed by atoms with Crippen molar-refractivity contribution in [2.75, 3.05) is 31.3 Å². The molecule has 0 aliphatic carbocycles. The highest BCUT2D eigenvalue weighted by Crippen LogP contribution is 2.18. The van der Waals surface area contributed by atoms with E-state index in [1.807, 2.05) is 6.92 Å². The average Bonchev–Trinajstić information content (AvgIpc) is 2.59. The van der Waals surface area contributed by atoms with Crippen LogP contribution in [0.25, 0.3) is 0 Å². The second-order valence-corrected chi connectivity index (χ2v) is 6.75. The van der Waals surface area contributed by atoms with Gasteiger partial charge in [-0.1, -0.05) is 6.92 Å². The molecule has 6 N–H and O–H groups in total. The lowest BCUT2D eigenvalue weighted by Crippen LogP contribution is -2.32. The molecule has 1 atom stereocenters. The van der Waals surface area contributed by atoms with Crippen molar-refractivity contribution in [3.8, 4) is 0 Å². The standard InChI is InChI=1S/C6H14O3.3C3H6O2S/c1-2-6(3-7,4-8)5-9;1-2(6)3(4)5;2*4-3(5)1-2-6/h7-9H,2-5H2,1H3;2,6H,1H3,(H,4,5);2*6H,1-2H2,(H,4,5). The molecular formula is C15H32O9S3. The van der Waals surface area contributed by atoms with Crippen LogP contribution in [0.1, 0.15) is 33.1 Å². The lowest BCUT2D eigenvalue weighted by molar-refractivity contribution is -0.137. The number of rotatable bonds is 9. The maximum atomic E-state index is 9.62. The number of thiol groups is 3. The molecule has 9 nitrogen and oxygen atoms in total. The van der Waals surface area contributed by atoms with Gasteiger partial charge in [-0.05, 0) is 13.3 Å². The molecule has 0 bridgehead atoms. The van der Waals surface area contributed by atoms with Gasteiger partial charge in [0.2, 0.25) is 0 Å². The molecule has 0 aromatic heterocycles. The summed E-state index contributed by atoms with van der Waals surface area (Å²) in [4.78, 5) is 28.7. The molecule has 0 saturated carbocycles. The first-order valence-corrected chi connectivity index (χ1v) is 9.60. The molecule has 164 valence electrons. The van der Waals surface area contributed by atoms with Crippen LogP contribution in [-0.4, -0.2) is 85.1 Å². The van der Waals surface area contributed by atoms with Crippen molar-refractivity contribution < 1.29 is 45.0 Å². The first-order chi connectivity index (χ1) is 12.4. The summed E-state index contributed by atoms with van der Waals surface area (Å²) in [6.45, 7) is 2.86. The van der Waals surface area contributed by atoms with E-state index in [9.17, 15) is 14.4 Å². The van der Waals surface area contributed by atoms with E-state index < -0.39 is 28.6 Å². The summed E-state index contributed by atoms with van der Waals surface area (Å²) in [6.07, 6.45) is 0.905. The minimum absolute atomic E-state index is 0.156. The summed E-state index contributed by atoms with van der Waals surface area (Å²) in [6, 6.07) is 0. The van der Waals surface area contributed by atoms with E-state index in [2.05, 4.69) is 37.9 Å². The summed E-state index contributed by atoms with van der Waals surface area (Å²) < 4.78 is 0. The Balaban J connectivity index is -0.000000133. The van der Waals surface area contributed by atoms with Crippen LogP contribution in [-0.2, 0) is 14.4 Å². The highest BCUT2D eigenvalue weighted by Gasteiger charge is 2.24. The molecule has 0 radical (unpaired) electrons. The van der Waals surface area contributed by atoms with E-state index in [4.69, 9.17) is 30.6 Å². The van der Waals surface area contributed by atoms with Crippen molar-refractivity contribution in [2.45, 2.75) is 38.4 Å². The van der Waals surface area contributed by atoms with Gasteiger partial charge in [-0.15, -0.1) is 0 Å². The SMILES string of the molecule is CC(S)C(=O)O.CCC(CO)(CO)CO.O=C(O)CCS.O=C(O)CCS. The zero-order valence-corrected chi connectivity index (χ0v) is 18.2. The van der Waals surface area contributed by atoms with Crippen LogP contribution in [0, 0.1) is 5.41 Å². The quantitative estimate of drug-likeness (QED) is 0.226. The molecule has 0 rings (SSSR count). The molecule has 0 fully saturated rings. The Hall–Kier alpha value is -0.660. The molecule has 27 heavy (non-hydrogen) atoms. The number of aliphatic carboxylic acids is 3. The predicted molar refractivity (Wildman–Crippen MR) is 112 cm³/mol. The normalized spacial score (nSPS) is 10.7. The monoisotopic (exact) mass is 452 g/mol. The Labute approximate surface area is 176 Å². The number of carbonyl (C=O) groups is 3. The number of hydrogen-bond donors (Lipinski definition) is 9. The van der Waals surface area contributed by atoms with Gasteiger partial charge in [0.1, 0.15) is 0 Å². The summed E-state index contributed by atoms with van der Waals surface area (Å²) in [7, 11) is 0. The Morgan fingerprint density at radius 3 is 1.11 bits per heavy atom. The van der Waals surface area contributed by atoms with Gasteiger partial charge in [-0.25, -0.2) is 0 Å². The lowest BCUT2D eigenvalue weighted by Gasteiger charge is -2.24. The van der Waals surface area contributed by atoms with Gasteiger partial charge < -0.3 is 30.6 Å². The van der Waals surface area contributed by atoms with E-state index in [0.717, 1.165) is 0 Å². The number of hydrogen-bond acceptors (Lipinski definition) is 9. The first-order valence-electron chi connectivity index (χ1n) is 7.82. The van der Waals surface area contributed by atoms with Crippen LogP contribution >= 0.6 is 37.9 Å². The minimum atomic E-state index is -0.877. The van der Waals surface area contributed by atoms with E-state index in [1.165, 1.54) is 6.92 Å². The fourth-order valence-electron chi connectivity index (χ4n) is 0.677. The van der Waals surface area contributed by atoms with Crippen LogP contribution in [0.5, 0.6) is 0 Å². The number of carboxylic acid groups (broad SMARTS) is 3. The molecule has 1 unspecified atom stereocenters. The van der Waals surface area contributed by atoms with Crippen molar-refractivity contribution in [3.05, 3.63) is 0 Å². The highest BCUT2D eigenvalue weighted by atomic mass is 32.1. The molecule has 0 aromatic rings. The maximum absolute atomic E-state index is 9.62. The zero-order valence-electron chi connectivity index (χ0n) is 15.5. The Kier molecular flexibility index (Phi) is 29.3. The summed E-state index contributed by atoms with van der Waals surface area (Å²) in [5.74, 6) is -1.60. The van der Waals surface area contributed by atoms with Crippen LogP contribution in [0.4, 0.5) is 0 Å². The van der Waals surface area contributed by atoms with Crippen LogP contribution in [0.2, 0.25) is 0 Å². The van der Waals surface area contributed by atoms with E-state index in [1.54, 1.807) is 0 Å². The van der Waals surface area contributed by atoms with Crippen molar-refractivity contribution in [1.29, 1.82) is 0 Å². The second-order valence-electron chi connectivity index (χ2n) is 5.08. The number of carboxylic acids is 3. The van der Waals surface area contributed by atoms with E-state index >= 15 is 0 Å². The van der Waals surface area contributed by atoms with Crippen molar-refractivity contribution in [2.24, 2.45) is 5.41 Å².